The van der Waals surface area contributed by atoms with E-state index in [-0.39, 0.29) is 24.0 Å². The van der Waals surface area contributed by atoms with Crippen LogP contribution >= 0.6 is 24.0 Å². The lowest BCUT2D eigenvalue weighted by molar-refractivity contribution is -0.130. The van der Waals surface area contributed by atoms with Crippen LogP contribution in [0.4, 0.5) is 0 Å². The lowest BCUT2D eigenvalue weighted by atomic mass is 10.2. The maximum atomic E-state index is 12.1. The number of morpholine rings is 1. The Hall–Kier alpha value is -0.610. The molecule has 0 radical (unpaired) electrons. The van der Waals surface area contributed by atoms with Crippen LogP contribution in [0.1, 0.15) is 52.9 Å². The van der Waals surface area contributed by atoms with Crippen molar-refractivity contribution in [2.75, 3.05) is 52.5 Å². The van der Waals surface area contributed by atoms with Gasteiger partial charge in [0, 0.05) is 51.2 Å². The molecule has 2 saturated heterocycles. The molecular formula is C20H40IN5O2. The van der Waals surface area contributed by atoms with Gasteiger partial charge in [0.15, 0.2) is 5.96 Å². The number of hydrogen-bond acceptors (Lipinski definition) is 4. The summed E-state index contributed by atoms with van der Waals surface area (Å²) in [7, 11) is 0. The van der Waals surface area contributed by atoms with Crippen molar-refractivity contribution >= 4 is 35.8 Å². The second-order valence-electron chi connectivity index (χ2n) is 7.70. The number of carbonyl (C=O) groups is 1. The van der Waals surface area contributed by atoms with Gasteiger partial charge in [-0.15, -0.1) is 24.0 Å². The third-order valence-electron chi connectivity index (χ3n) is 5.41. The third-order valence-corrected chi connectivity index (χ3v) is 5.41. The summed E-state index contributed by atoms with van der Waals surface area (Å²) < 4.78 is 5.53. The van der Waals surface area contributed by atoms with Gasteiger partial charge in [-0.1, -0.05) is 6.42 Å². The summed E-state index contributed by atoms with van der Waals surface area (Å²) in [6, 6.07) is 0.847. The summed E-state index contributed by atoms with van der Waals surface area (Å²) in [6.45, 7) is 13.3. The molecule has 28 heavy (non-hydrogen) atoms. The Labute approximate surface area is 188 Å². The van der Waals surface area contributed by atoms with Crippen LogP contribution in [0.25, 0.3) is 0 Å². The average Bonchev–Trinajstić information content (AvgIpc) is 2.87. The minimum absolute atomic E-state index is 0. The predicted octanol–water partition coefficient (Wildman–Crippen LogP) is 2.06. The summed E-state index contributed by atoms with van der Waals surface area (Å²) in [5.74, 6) is 1.19. The molecule has 2 atom stereocenters. The Morgan fingerprint density at radius 2 is 2.11 bits per heavy atom. The maximum Gasteiger partial charge on any atom is 0.222 e. The van der Waals surface area contributed by atoms with E-state index in [9.17, 15) is 4.79 Å². The topological polar surface area (TPSA) is 69.2 Å². The van der Waals surface area contributed by atoms with Crippen LogP contribution in [-0.2, 0) is 9.53 Å². The molecule has 1 amide bonds. The van der Waals surface area contributed by atoms with Crippen molar-refractivity contribution < 1.29 is 9.53 Å². The van der Waals surface area contributed by atoms with E-state index in [1.165, 1.54) is 6.42 Å². The van der Waals surface area contributed by atoms with Gasteiger partial charge in [-0.25, -0.2) is 0 Å². The van der Waals surface area contributed by atoms with E-state index in [0.717, 1.165) is 84.1 Å². The SMILES string of the molecule is CCNC(=NCC(C)N1CCOCC1C)NCCCN1CCCCCC1=O.I. The number of amides is 1. The van der Waals surface area contributed by atoms with Gasteiger partial charge in [0.2, 0.25) is 5.91 Å². The lowest BCUT2D eigenvalue weighted by Gasteiger charge is -2.37. The normalized spacial score (nSPS) is 23.0. The molecular weight excluding hydrogens is 469 g/mol. The quantitative estimate of drug-likeness (QED) is 0.227. The van der Waals surface area contributed by atoms with E-state index >= 15 is 0 Å². The van der Waals surface area contributed by atoms with Crippen LogP contribution in [0.5, 0.6) is 0 Å². The molecule has 0 bridgehead atoms. The van der Waals surface area contributed by atoms with Crippen LogP contribution in [-0.4, -0.2) is 86.2 Å². The second-order valence-corrected chi connectivity index (χ2v) is 7.70. The first-order chi connectivity index (χ1) is 13.1. The van der Waals surface area contributed by atoms with Crippen LogP contribution in [0.15, 0.2) is 4.99 Å². The summed E-state index contributed by atoms with van der Waals surface area (Å²) >= 11 is 0. The van der Waals surface area contributed by atoms with Crippen molar-refractivity contribution in [2.24, 2.45) is 4.99 Å². The zero-order valence-corrected chi connectivity index (χ0v) is 20.2. The zero-order valence-electron chi connectivity index (χ0n) is 17.9. The number of carbonyl (C=O) groups excluding carboxylic acids is 1. The van der Waals surface area contributed by atoms with E-state index in [1.54, 1.807) is 0 Å². The lowest BCUT2D eigenvalue weighted by Crippen LogP contribution is -2.49. The molecule has 2 heterocycles. The molecule has 0 aromatic carbocycles. The van der Waals surface area contributed by atoms with Gasteiger partial charge < -0.3 is 20.3 Å². The fourth-order valence-electron chi connectivity index (χ4n) is 3.82. The highest BCUT2D eigenvalue weighted by Gasteiger charge is 2.23. The van der Waals surface area contributed by atoms with Crippen LogP contribution in [0.2, 0.25) is 0 Å². The molecule has 0 saturated carbocycles. The van der Waals surface area contributed by atoms with E-state index in [4.69, 9.17) is 9.73 Å². The molecule has 164 valence electrons. The summed E-state index contributed by atoms with van der Waals surface area (Å²) in [4.78, 5) is 21.3. The first-order valence-corrected chi connectivity index (χ1v) is 10.7. The first kappa shape index (κ1) is 25.4. The first-order valence-electron chi connectivity index (χ1n) is 10.7. The molecule has 2 fully saturated rings. The van der Waals surface area contributed by atoms with Gasteiger partial charge in [0.05, 0.1) is 19.8 Å². The molecule has 2 rings (SSSR count). The number of likely N-dealkylation sites (tertiary alicyclic amines) is 1. The minimum atomic E-state index is 0. The smallest absolute Gasteiger partial charge is 0.222 e. The number of aliphatic imine (C=N–C) groups is 1. The molecule has 0 aromatic rings. The fourth-order valence-corrected chi connectivity index (χ4v) is 3.82. The Bertz CT molecular complexity index is 478. The van der Waals surface area contributed by atoms with Crippen LogP contribution < -0.4 is 10.6 Å². The molecule has 7 nitrogen and oxygen atoms in total. The monoisotopic (exact) mass is 509 g/mol. The van der Waals surface area contributed by atoms with Gasteiger partial charge in [0.25, 0.3) is 0 Å². The number of rotatable bonds is 8. The highest BCUT2D eigenvalue weighted by atomic mass is 127. The van der Waals surface area contributed by atoms with Gasteiger partial charge in [-0.2, -0.15) is 0 Å². The largest absolute Gasteiger partial charge is 0.379 e. The summed E-state index contributed by atoms with van der Waals surface area (Å²) in [6.07, 6.45) is 5.03. The van der Waals surface area contributed by atoms with Crippen molar-refractivity contribution in [2.45, 2.75) is 65.0 Å². The zero-order chi connectivity index (χ0) is 19.5. The van der Waals surface area contributed by atoms with E-state index in [1.807, 2.05) is 4.90 Å². The number of guanidine groups is 1. The number of hydrogen-bond donors (Lipinski definition) is 2. The van der Waals surface area contributed by atoms with Crippen LogP contribution in [0.3, 0.4) is 0 Å². The number of ether oxygens (including phenoxy) is 1. The summed E-state index contributed by atoms with van der Waals surface area (Å²) in [5.41, 5.74) is 0. The Morgan fingerprint density at radius 1 is 1.29 bits per heavy atom. The van der Waals surface area contributed by atoms with Crippen molar-refractivity contribution in [3.05, 3.63) is 0 Å². The molecule has 2 aliphatic heterocycles. The highest BCUT2D eigenvalue weighted by Crippen LogP contribution is 2.12. The van der Waals surface area contributed by atoms with Crippen molar-refractivity contribution in [1.29, 1.82) is 0 Å². The van der Waals surface area contributed by atoms with Gasteiger partial charge >= 0.3 is 0 Å². The maximum absolute atomic E-state index is 12.1. The van der Waals surface area contributed by atoms with Gasteiger partial charge in [-0.05, 0) is 40.0 Å². The predicted molar refractivity (Wildman–Crippen MR) is 126 cm³/mol. The second kappa shape index (κ2) is 14.4. The van der Waals surface area contributed by atoms with E-state index in [2.05, 4.69) is 36.3 Å². The van der Waals surface area contributed by atoms with Crippen molar-refractivity contribution in [1.82, 2.24) is 20.4 Å². The Morgan fingerprint density at radius 3 is 2.86 bits per heavy atom. The third kappa shape index (κ3) is 8.82. The summed E-state index contributed by atoms with van der Waals surface area (Å²) in [5, 5.41) is 6.74. The van der Waals surface area contributed by atoms with Gasteiger partial charge in [-0.3, -0.25) is 14.7 Å². The fraction of sp³-hybridized carbons (Fsp3) is 0.900. The van der Waals surface area contributed by atoms with Crippen LogP contribution in [0, 0.1) is 0 Å². The molecule has 2 N–H and O–H groups in total. The number of nitrogens with zero attached hydrogens (tertiary/aromatic N) is 3. The Kier molecular flexibility index (Phi) is 13.1. The standard InChI is InChI=1S/C20H39N5O2.HI/c1-4-21-20(23-15-17(2)25-13-14-27-16-18(25)3)22-10-8-12-24-11-7-5-6-9-19(24)26;/h17-18H,4-16H2,1-3H3,(H2,21,22,23);1H. The van der Waals surface area contributed by atoms with Gasteiger partial charge in [0.1, 0.15) is 0 Å². The molecule has 8 heteroatoms. The molecule has 2 aliphatic rings. The Balaban J connectivity index is 0.00000392. The molecule has 0 aromatic heterocycles. The van der Waals surface area contributed by atoms with Crippen molar-refractivity contribution in [3.63, 3.8) is 0 Å². The number of nitrogens with one attached hydrogen (secondary N) is 2. The molecule has 0 spiro atoms. The highest BCUT2D eigenvalue weighted by molar-refractivity contribution is 14.0. The molecule has 0 aliphatic carbocycles. The minimum Gasteiger partial charge on any atom is -0.379 e. The number of halogens is 1. The van der Waals surface area contributed by atoms with Crippen molar-refractivity contribution in [3.8, 4) is 0 Å². The average molecular weight is 509 g/mol. The van der Waals surface area contributed by atoms with E-state index in [0.29, 0.717) is 18.0 Å². The molecule has 2 unspecified atom stereocenters. The van der Waals surface area contributed by atoms with E-state index < -0.39 is 0 Å².